The molecule has 0 radical (unpaired) electrons. The molecule has 2 N–H and O–H groups in total. The zero-order valence-corrected chi connectivity index (χ0v) is 8.49. The Morgan fingerprint density at radius 1 is 1.64 bits per heavy atom. The number of anilines is 1. The number of rotatable bonds is 3. The second-order valence-electron chi connectivity index (χ2n) is 3.01. The molecule has 0 atom stereocenters. The Balaban J connectivity index is 2.76. The van der Waals surface area contributed by atoms with E-state index in [1.807, 2.05) is 19.1 Å². The van der Waals surface area contributed by atoms with Gasteiger partial charge in [0.15, 0.2) is 6.54 Å². The number of carbonyl (C=O) groups is 1. The minimum atomic E-state index is -0.269. The number of nitrogen functional groups attached to an aromatic ring is 1. The summed E-state index contributed by atoms with van der Waals surface area (Å²) in [6, 6.07) is 3.75. The largest absolute Gasteiger partial charge is 0.463 e. The van der Waals surface area contributed by atoms with Gasteiger partial charge in [-0.15, -0.1) is 0 Å². The average molecular weight is 195 g/mol. The molecule has 0 aliphatic heterocycles. The standard InChI is InChI=1S/C10H14N2O2/c1-3-14-9(13)7-12-6-4-5-8(2)10(12)11/h4-6,11H,3,7H2,1-2H3/p+1. The van der Waals surface area contributed by atoms with Gasteiger partial charge < -0.3 is 4.74 Å². The van der Waals surface area contributed by atoms with Gasteiger partial charge in [0.2, 0.25) is 0 Å². The average Bonchev–Trinajstić information content (AvgIpc) is 2.13. The molecule has 76 valence electrons. The van der Waals surface area contributed by atoms with E-state index in [1.54, 1.807) is 17.7 Å². The predicted octanol–water partition coefficient (Wildman–Crippen LogP) is 0.428. The van der Waals surface area contributed by atoms with Crippen LogP contribution in [0, 0.1) is 6.92 Å². The molecule has 1 heterocycles. The van der Waals surface area contributed by atoms with E-state index >= 15 is 0 Å². The monoisotopic (exact) mass is 195 g/mol. The number of aromatic nitrogens is 1. The third-order valence-electron chi connectivity index (χ3n) is 1.93. The number of carbonyl (C=O) groups excluding carboxylic acids is 1. The molecule has 1 rings (SSSR count). The van der Waals surface area contributed by atoms with Crippen molar-refractivity contribution in [1.82, 2.24) is 0 Å². The van der Waals surface area contributed by atoms with E-state index in [4.69, 9.17) is 10.5 Å². The Labute approximate surface area is 83.3 Å². The van der Waals surface area contributed by atoms with E-state index in [1.165, 1.54) is 0 Å². The van der Waals surface area contributed by atoms with Crippen molar-refractivity contribution in [1.29, 1.82) is 0 Å². The van der Waals surface area contributed by atoms with Crippen molar-refractivity contribution in [2.75, 3.05) is 12.3 Å². The van der Waals surface area contributed by atoms with Crippen LogP contribution in [0.2, 0.25) is 0 Å². The molecule has 1 aromatic rings. The predicted molar refractivity (Wildman–Crippen MR) is 52.4 cm³/mol. The van der Waals surface area contributed by atoms with Gasteiger partial charge in [0, 0.05) is 5.56 Å². The molecular weight excluding hydrogens is 180 g/mol. The maximum Gasteiger partial charge on any atom is 0.348 e. The van der Waals surface area contributed by atoms with Crippen LogP contribution in [0.3, 0.4) is 0 Å². The van der Waals surface area contributed by atoms with Crippen molar-refractivity contribution in [2.45, 2.75) is 20.4 Å². The highest BCUT2D eigenvalue weighted by atomic mass is 16.5. The summed E-state index contributed by atoms with van der Waals surface area (Å²) in [5.41, 5.74) is 6.74. The van der Waals surface area contributed by atoms with Crippen molar-refractivity contribution in [2.24, 2.45) is 0 Å². The summed E-state index contributed by atoms with van der Waals surface area (Å²) in [7, 11) is 0. The highest BCUT2D eigenvalue weighted by Crippen LogP contribution is 2.01. The summed E-state index contributed by atoms with van der Waals surface area (Å²) in [6.07, 6.45) is 1.76. The van der Waals surface area contributed by atoms with Gasteiger partial charge in [-0.2, -0.15) is 0 Å². The van der Waals surface area contributed by atoms with Crippen molar-refractivity contribution in [3.8, 4) is 0 Å². The lowest BCUT2D eigenvalue weighted by Gasteiger charge is -2.04. The van der Waals surface area contributed by atoms with Gasteiger partial charge in [-0.1, -0.05) is 0 Å². The van der Waals surface area contributed by atoms with Crippen molar-refractivity contribution >= 4 is 11.8 Å². The third-order valence-corrected chi connectivity index (χ3v) is 1.93. The molecule has 4 heteroatoms. The molecular formula is C10H15N2O2+. The van der Waals surface area contributed by atoms with Crippen LogP contribution in [-0.2, 0) is 16.1 Å². The fourth-order valence-electron chi connectivity index (χ4n) is 1.17. The SMILES string of the molecule is CCOC(=O)C[n+]1cccc(C)c1N. The highest BCUT2D eigenvalue weighted by molar-refractivity contribution is 5.67. The quantitative estimate of drug-likeness (QED) is 0.562. The number of ether oxygens (including phenoxy) is 1. The lowest BCUT2D eigenvalue weighted by molar-refractivity contribution is -0.671. The first-order valence-corrected chi connectivity index (χ1v) is 4.55. The van der Waals surface area contributed by atoms with E-state index in [9.17, 15) is 4.79 Å². The van der Waals surface area contributed by atoms with Crippen LogP contribution in [0.5, 0.6) is 0 Å². The topological polar surface area (TPSA) is 56.2 Å². The minimum absolute atomic E-state index is 0.168. The molecule has 4 nitrogen and oxygen atoms in total. The normalized spacial score (nSPS) is 9.86. The summed E-state index contributed by atoms with van der Waals surface area (Å²) in [5, 5.41) is 0. The molecule has 0 saturated heterocycles. The Kier molecular flexibility index (Phi) is 3.45. The number of aryl methyl sites for hydroxylation is 1. The van der Waals surface area contributed by atoms with Crippen LogP contribution in [0.4, 0.5) is 5.82 Å². The molecule has 0 bridgehead atoms. The Morgan fingerprint density at radius 2 is 2.36 bits per heavy atom. The number of nitrogens with zero attached hydrogens (tertiary/aromatic N) is 1. The van der Waals surface area contributed by atoms with E-state index in [0.717, 1.165) is 5.56 Å². The molecule has 0 spiro atoms. The Hall–Kier alpha value is -1.58. The molecule has 0 amide bonds. The van der Waals surface area contributed by atoms with Gasteiger partial charge in [0.1, 0.15) is 0 Å². The summed E-state index contributed by atoms with van der Waals surface area (Å²) < 4.78 is 6.50. The number of esters is 1. The van der Waals surface area contributed by atoms with Gasteiger partial charge in [-0.25, -0.2) is 9.36 Å². The molecule has 0 aliphatic rings. The molecule has 0 saturated carbocycles. The highest BCUT2D eigenvalue weighted by Gasteiger charge is 2.11. The second kappa shape index (κ2) is 4.60. The van der Waals surface area contributed by atoms with E-state index in [2.05, 4.69) is 0 Å². The first kappa shape index (κ1) is 10.5. The number of hydrogen-bond donors (Lipinski definition) is 1. The summed E-state index contributed by atoms with van der Waals surface area (Å²) in [6.45, 7) is 4.24. The van der Waals surface area contributed by atoms with Crippen LogP contribution in [0.25, 0.3) is 0 Å². The first-order valence-electron chi connectivity index (χ1n) is 4.55. The van der Waals surface area contributed by atoms with E-state index in [-0.39, 0.29) is 12.5 Å². The molecule has 0 aliphatic carbocycles. The van der Waals surface area contributed by atoms with E-state index in [0.29, 0.717) is 12.4 Å². The fraction of sp³-hybridized carbons (Fsp3) is 0.400. The maximum absolute atomic E-state index is 11.2. The number of nitrogens with two attached hydrogens (primary N) is 1. The lowest BCUT2D eigenvalue weighted by Crippen LogP contribution is -2.41. The summed E-state index contributed by atoms with van der Waals surface area (Å²) in [5.74, 6) is 0.329. The lowest BCUT2D eigenvalue weighted by atomic mass is 10.3. The zero-order valence-electron chi connectivity index (χ0n) is 8.49. The smallest absolute Gasteiger partial charge is 0.348 e. The van der Waals surface area contributed by atoms with Gasteiger partial charge in [-0.3, -0.25) is 5.73 Å². The maximum atomic E-state index is 11.2. The van der Waals surface area contributed by atoms with Gasteiger partial charge in [0.05, 0.1) is 12.8 Å². The van der Waals surface area contributed by atoms with Crippen molar-refractivity contribution in [3.63, 3.8) is 0 Å². The zero-order chi connectivity index (χ0) is 10.6. The van der Waals surface area contributed by atoms with Crippen LogP contribution >= 0.6 is 0 Å². The first-order chi connectivity index (χ1) is 6.65. The second-order valence-corrected chi connectivity index (χ2v) is 3.01. The summed E-state index contributed by atoms with van der Waals surface area (Å²) in [4.78, 5) is 11.2. The summed E-state index contributed by atoms with van der Waals surface area (Å²) >= 11 is 0. The third kappa shape index (κ3) is 2.45. The van der Waals surface area contributed by atoms with Crippen molar-refractivity contribution < 1.29 is 14.1 Å². The van der Waals surface area contributed by atoms with Gasteiger partial charge >= 0.3 is 5.97 Å². The Bertz CT molecular complexity index is 337. The van der Waals surface area contributed by atoms with Crippen LogP contribution in [-0.4, -0.2) is 12.6 Å². The van der Waals surface area contributed by atoms with Crippen LogP contribution in [0.15, 0.2) is 18.3 Å². The van der Waals surface area contributed by atoms with Crippen molar-refractivity contribution in [3.05, 3.63) is 23.9 Å². The van der Waals surface area contributed by atoms with Gasteiger partial charge in [-0.05, 0) is 26.0 Å². The van der Waals surface area contributed by atoms with E-state index < -0.39 is 0 Å². The fourth-order valence-corrected chi connectivity index (χ4v) is 1.17. The number of hydrogen-bond acceptors (Lipinski definition) is 3. The molecule has 1 aromatic heterocycles. The van der Waals surface area contributed by atoms with Crippen LogP contribution < -0.4 is 10.3 Å². The molecule has 0 unspecified atom stereocenters. The number of pyridine rings is 1. The Morgan fingerprint density at radius 3 is 3.00 bits per heavy atom. The van der Waals surface area contributed by atoms with Gasteiger partial charge in [0.25, 0.3) is 5.82 Å². The van der Waals surface area contributed by atoms with Crippen LogP contribution in [0.1, 0.15) is 12.5 Å². The molecule has 0 fully saturated rings. The minimum Gasteiger partial charge on any atom is -0.463 e. The molecule has 0 aromatic carbocycles. The molecule has 14 heavy (non-hydrogen) atoms.